The summed E-state index contributed by atoms with van der Waals surface area (Å²) in [6.45, 7) is 12.2. The first-order valence-electron chi connectivity index (χ1n) is 8.01. The molecule has 18 heavy (non-hydrogen) atoms. The molecule has 0 saturated carbocycles. The molecule has 2 aliphatic rings. The number of piperidine rings is 1. The second kappa shape index (κ2) is 7.46. The van der Waals surface area contributed by atoms with Gasteiger partial charge in [-0.25, -0.2) is 0 Å². The standard InChI is InChI=1S/C15H31N3/c1-3-16-14(2)15-8-4-5-11-18(15)13-12-17-9-6-7-10-17/h14-16H,3-13H2,1-2H3. The van der Waals surface area contributed by atoms with Crippen molar-refractivity contribution < 1.29 is 0 Å². The van der Waals surface area contributed by atoms with Crippen LogP contribution in [0.4, 0.5) is 0 Å². The number of hydrogen-bond donors (Lipinski definition) is 1. The van der Waals surface area contributed by atoms with Crippen molar-refractivity contribution in [1.82, 2.24) is 15.1 Å². The van der Waals surface area contributed by atoms with E-state index in [9.17, 15) is 0 Å². The molecule has 2 saturated heterocycles. The second-order valence-corrected chi connectivity index (χ2v) is 5.99. The first-order valence-corrected chi connectivity index (χ1v) is 8.01. The molecule has 2 atom stereocenters. The van der Waals surface area contributed by atoms with Crippen molar-refractivity contribution in [2.75, 3.05) is 39.3 Å². The highest BCUT2D eigenvalue weighted by Crippen LogP contribution is 2.20. The number of hydrogen-bond acceptors (Lipinski definition) is 3. The summed E-state index contributed by atoms with van der Waals surface area (Å²) in [6.07, 6.45) is 7.03. The van der Waals surface area contributed by atoms with Crippen LogP contribution < -0.4 is 5.32 Å². The summed E-state index contributed by atoms with van der Waals surface area (Å²) >= 11 is 0. The van der Waals surface area contributed by atoms with Gasteiger partial charge in [-0.15, -0.1) is 0 Å². The maximum Gasteiger partial charge on any atom is 0.0247 e. The summed E-state index contributed by atoms with van der Waals surface area (Å²) in [4.78, 5) is 5.39. The summed E-state index contributed by atoms with van der Waals surface area (Å²) < 4.78 is 0. The van der Waals surface area contributed by atoms with Crippen LogP contribution in [0.2, 0.25) is 0 Å². The van der Waals surface area contributed by atoms with Gasteiger partial charge in [0.25, 0.3) is 0 Å². The highest BCUT2D eigenvalue weighted by molar-refractivity contribution is 4.85. The fourth-order valence-corrected chi connectivity index (χ4v) is 3.59. The Morgan fingerprint density at radius 1 is 1.06 bits per heavy atom. The van der Waals surface area contributed by atoms with Crippen molar-refractivity contribution in [3.8, 4) is 0 Å². The van der Waals surface area contributed by atoms with Crippen LogP contribution >= 0.6 is 0 Å². The quantitative estimate of drug-likeness (QED) is 0.780. The Kier molecular flexibility index (Phi) is 5.93. The number of likely N-dealkylation sites (tertiary alicyclic amines) is 2. The Morgan fingerprint density at radius 2 is 1.78 bits per heavy atom. The van der Waals surface area contributed by atoms with Crippen molar-refractivity contribution in [2.45, 2.75) is 58.0 Å². The molecule has 0 bridgehead atoms. The molecule has 0 amide bonds. The highest BCUT2D eigenvalue weighted by atomic mass is 15.2. The summed E-state index contributed by atoms with van der Waals surface area (Å²) in [5, 5.41) is 3.62. The fourth-order valence-electron chi connectivity index (χ4n) is 3.59. The smallest absolute Gasteiger partial charge is 0.0247 e. The van der Waals surface area contributed by atoms with Crippen LogP contribution in [0, 0.1) is 0 Å². The summed E-state index contributed by atoms with van der Waals surface area (Å²) in [6, 6.07) is 1.41. The van der Waals surface area contributed by atoms with Crippen LogP contribution in [-0.2, 0) is 0 Å². The minimum Gasteiger partial charge on any atom is -0.313 e. The van der Waals surface area contributed by atoms with Gasteiger partial charge in [-0.3, -0.25) is 4.90 Å². The molecular formula is C15H31N3. The van der Waals surface area contributed by atoms with Crippen LogP contribution in [0.25, 0.3) is 0 Å². The highest BCUT2D eigenvalue weighted by Gasteiger charge is 2.27. The fraction of sp³-hybridized carbons (Fsp3) is 1.00. The molecule has 0 aliphatic carbocycles. The molecule has 106 valence electrons. The Balaban J connectivity index is 1.78. The molecule has 2 rings (SSSR count). The van der Waals surface area contributed by atoms with Crippen LogP contribution in [0.5, 0.6) is 0 Å². The number of nitrogens with one attached hydrogen (secondary N) is 1. The lowest BCUT2D eigenvalue weighted by atomic mass is 9.96. The molecule has 0 aromatic heterocycles. The minimum absolute atomic E-state index is 0.647. The zero-order valence-electron chi connectivity index (χ0n) is 12.3. The molecule has 0 radical (unpaired) electrons. The first kappa shape index (κ1) is 14.3. The van der Waals surface area contributed by atoms with Gasteiger partial charge in [0, 0.05) is 25.2 Å². The SMILES string of the molecule is CCNC(C)C1CCCCN1CCN1CCCC1. The van der Waals surface area contributed by atoms with E-state index in [4.69, 9.17) is 0 Å². The summed E-state index contributed by atoms with van der Waals surface area (Å²) in [5.74, 6) is 0. The second-order valence-electron chi connectivity index (χ2n) is 5.99. The third kappa shape index (κ3) is 3.94. The van der Waals surface area contributed by atoms with E-state index in [2.05, 4.69) is 29.0 Å². The summed E-state index contributed by atoms with van der Waals surface area (Å²) in [7, 11) is 0. The van der Waals surface area contributed by atoms with Gasteiger partial charge in [0.2, 0.25) is 0 Å². The van der Waals surface area contributed by atoms with Gasteiger partial charge < -0.3 is 10.2 Å². The van der Waals surface area contributed by atoms with E-state index in [0.717, 1.165) is 12.6 Å². The van der Waals surface area contributed by atoms with E-state index < -0.39 is 0 Å². The Morgan fingerprint density at radius 3 is 2.50 bits per heavy atom. The van der Waals surface area contributed by atoms with Crippen LogP contribution in [-0.4, -0.2) is 61.2 Å². The van der Waals surface area contributed by atoms with Crippen molar-refractivity contribution in [3.05, 3.63) is 0 Å². The van der Waals surface area contributed by atoms with Gasteiger partial charge >= 0.3 is 0 Å². The number of rotatable bonds is 6. The van der Waals surface area contributed by atoms with Gasteiger partial charge in [-0.05, 0) is 58.8 Å². The lowest BCUT2D eigenvalue weighted by molar-refractivity contribution is 0.107. The van der Waals surface area contributed by atoms with Gasteiger partial charge in [-0.2, -0.15) is 0 Å². The normalized spacial score (nSPS) is 28.7. The van der Waals surface area contributed by atoms with Gasteiger partial charge in [0.1, 0.15) is 0 Å². The van der Waals surface area contributed by atoms with Gasteiger partial charge in [-0.1, -0.05) is 13.3 Å². The van der Waals surface area contributed by atoms with Crippen molar-refractivity contribution >= 4 is 0 Å². The average Bonchev–Trinajstić information content (AvgIpc) is 2.90. The van der Waals surface area contributed by atoms with Gasteiger partial charge in [0.15, 0.2) is 0 Å². The maximum absolute atomic E-state index is 3.62. The number of nitrogens with zero attached hydrogens (tertiary/aromatic N) is 2. The van der Waals surface area contributed by atoms with E-state index >= 15 is 0 Å². The molecular weight excluding hydrogens is 222 g/mol. The van der Waals surface area contributed by atoms with Crippen LogP contribution in [0.1, 0.15) is 46.0 Å². The molecule has 0 aromatic carbocycles. The predicted octanol–water partition coefficient (Wildman–Crippen LogP) is 1.93. The van der Waals surface area contributed by atoms with Crippen LogP contribution in [0.15, 0.2) is 0 Å². The largest absolute Gasteiger partial charge is 0.313 e. The average molecular weight is 253 g/mol. The lowest BCUT2D eigenvalue weighted by Gasteiger charge is -2.40. The van der Waals surface area contributed by atoms with Crippen molar-refractivity contribution in [2.24, 2.45) is 0 Å². The number of likely N-dealkylation sites (N-methyl/N-ethyl adjacent to an activating group) is 1. The van der Waals surface area contributed by atoms with Crippen molar-refractivity contribution in [1.29, 1.82) is 0 Å². The van der Waals surface area contributed by atoms with E-state index in [-0.39, 0.29) is 0 Å². The van der Waals surface area contributed by atoms with Crippen molar-refractivity contribution in [3.63, 3.8) is 0 Å². The Bertz CT molecular complexity index is 226. The predicted molar refractivity (Wildman–Crippen MR) is 78.0 cm³/mol. The van der Waals surface area contributed by atoms with E-state index in [1.807, 2.05) is 0 Å². The zero-order valence-corrected chi connectivity index (χ0v) is 12.3. The first-order chi connectivity index (χ1) is 8.81. The Hall–Kier alpha value is -0.120. The third-order valence-corrected chi connectivity index (χ3v) is 4.67. The van der Waals surface area contributed by atoms with Gasteiger partial charge in [0.05, 0.1) is 0 Å². The minimum atomic E-state index is 0.647. The van der Waals surface area contributed by atoms with Crippen LogP contribution in [0.3, 0.4) is 0 Å². The summed E-state index contributed by atoms with van der Waals surface area (Å²) in [5.41, 5.74) is 0. The molecule has 0 spiro atoms. The molecule has 2 aliphatic heterocycles. The monoisotopic (exact) mass is 253 g/mol. The lowest BCUT2D eigenvalue weighted by Crippen LogP contribution is -2.52. The molecule has 2 fully saturated rings. The molecule has 3 nitrogen and oxygen atoms in total. The topological polar surface area (TPSA) is 18.5 Å². The molecule has 3 heteroatoms. The molecule has 0 aromatic rings. The third-order valence-electron chi connectivity index (χ3n) is 4.67. The maximum atomic E-state index is 3.62. The van der Waals surface area contributed by atoms with E-state index in [0.29, 0.717) is 6.04 Å². The van der Waals surface area contributed by atoms with E-state index in [1.165, 1.54) is 64.8 Å². The molecule has 2 heterocycles. The Labute approximate surface area is 113 Å². The molecule has 1 N–H and O–H groups in total. The van der Waals surface area contributed by atoms with E-state index in [1.54, 1.807) is 0 Å². The zero-order chi connectivity index (χ0) is 12.8. The molecule has 2 unspecified atom stereocenters.